The van der Waals surface area contributed by atoms with Crippen molar-refractivity contribution in [3.8, 4) is 0 Å². The molecule has 0 fully saturated rings. The third-order valence-corrected chi connectivity index (χ3v) is 4.11. The maximum absolute atomic E-state index is 6.10. The molecule has 4 nitrogen and oxygen atoms in total. The second-order valence-electron chi connectivity index (χ2n) is 3.91. The fraction of sp³-hybridized carbons (Fsp3) is 0.364. The third-order valence-electron chi connectivity index (χ3n) is 2.64. The van der Waals surface area contributed by atoms with E-state index >= 15 is 0 Å². The minimum absolute atomic E-state index is 0.0997. The van der Waals surface area contributed by atoms with Gasteiger partial charge in [-0.3, -0.25) is 16.0 Å². The predicted molar refractivity (Wildman–Crippen MR) is 70.9 cm³/mol. The van der Waals surface area contributed by atoms with Gasteiger partial charge in [-0.15, -0.1) is 11.3 Å². The molecule has 0 aliphatic heterocycles. The quantitative estimate of drug-likeness (QED) is 0.647. The van der Waals surface area contributed by atoms with Crippen LogP contribution in [-0.2, 0) is 13.5 Å². The zero-order chi connectivity index (χ0) is 12.3. The van der Waals surface area contributed by atoms with Crippen molar-refractivity contribution in [2.24, 2.45) is 12.9 Å². The van der Waals surface area contributed by atoms with E-state index in [1.807, 2.05) is 30.9 Å². The van der Waals surface area contributed by atoms with Crippen LogP contribution in [-0.4, -0.2) is 9.78 Å². The van der Waals surface area contributed by atoms with E-state index in [1.54, 1.807) is 16.0 Å². The summed E-state index contributed by atoms with van der Waals surface area (Å²) in [4.78, 5) is 1.10. The summed E-state index contributed by atoms with van der Waals surface area (Å²) >= 11 is 7.72. The summed E-state index contributed by atoms with van der Waals surface area (Å²) in [6, 6.07) is 2.00. The molecule has 0 aromatic carbocycles. The van der Waals surface area contributed by atoms with Crippen molar-refractivity contribution in [3.63, 3.8) is 0 Å². The molecule has 0 bridgehead atoms. The molecule has 2 rings (SSSR count). The Morgan fingerprint density at radius 2 is 2.47 bits per heavy atom. The number of halogens is 1. The number of aryl methyl sites for hydroxylation is 2. The predicted octanol–water partition coefficient (Wildman–Crippen LogP) is 2.27. The molecule has 0 saturated heterocycles. The molecule has 2 aromatic heterocycles. The van der Waals surface area contributed by atoms with Gasteiger partial charge in [-0.1, -0.05) is 11.6 Å². The van der Waals surface area contributed by atoms with Gasteiger partial charge in [-0.2, -0.15) is 5.10 Å². The first-order valence-corrected chi connectivity index (χ1v) is 6.63. The normalized spacial score (nSPS) is 12.9. The van der Waals surface area contributed by atoms with E-state index in [0.29, 0.717) is 0 Å². The SMILES string of the molecule is Cn1cc(CCC(NN)c2sccc2Cl)cn1. The number of hydrogen-bond donors (Lipinski definition) is 2. The van der Waals surface area contributed by atoms with E-state index in [1.165, 1.54) is 5.56 Å². The maximum Gasteiger partial charge on any atom is 0.0571 e. The standard InChI is InChI=1S/C11H15ClN4S/c1-16-7-8(6-14-16)2-3-10(15-13)11-9(12)4-5-17-11/h4-7,10,15H,2-3,13H2,1H3. The van der Waals surface area contributed by atoms with Crippen molar-refractivity contribution >= 4 is 22.9 Å². The van der Waals surface area contributed by atoms with E-state index in [-0.39, 0.29) is 6.04 Å². The molecule has 0 aliphatic carbocycles. The van der Waals surface area contributed by atoms with E-state index in [0.717, 1.165) is 22.7 Å². The monoisotopic (exact) mass is 270 g/mol. The molecular formula is C11H15ClN4S. The van der Waals surface area contributed by atoms with Gasteiger partial charge in [-0.25, -0.2) is 0 Å². The van der Waals surface area contributed by atoms with Gasteiger partial charge in [0.25, 0.3) is 0 Å². The lowest BCUT2D eigenvalue weighted by molar-refractivity contribution is 0.524. The van der Waals surface area contributed by atoms with Crippen LogP contribution < -0.4 is 11.3 Å². The minimum atomic E-state index is 0.0997. The minimum Gasteiger partial charge on any atom is -0.276 e. The smallest absolute Gasteiger partial charge is 0.0571 e. The van der Waals surface area contributed by atoms with E-state index in [2.05, 4.69) is 10.5 Å². The lowest BCUT2D eigenvalue weighted by atomic mass is 10.1. The fourth-order valence-electron chi connectivity index (χ4n) is 1.76. The van der Waals surface area contributed by atoms with Gasteiger partial charge in [0.1, 0.15) is 0 Å². The number of rotatable bonds is 5. The first-order chi connectivity index (χ1) is 8.20. The lowest BCUT2D eigenvalue weighted by Gasteiger charge is -2.14. The Balaban J connectivity index is 1.99. The summed E-state index contributed by atoms with van der Waals surface area (Å²) in [5, 5.41) is 6.90. The molecule has 6 heteroatoms. The Bertz CT molecular complexity index is 479. The molecule has 0 saturated carbocycles. The number of nitrogens with one attached hydrogen (secondary N) is 1. The van der Waals surface area contributed by atoms with Gasteiger partial charge in [-0.05, 0) is 29.9 Å². The molecule has 1 unspecified atom stereocenters. The van der Waals surface area contributed by atoms with Crippen molar-refractivity contribution < 1.29 is 0 Å². The van der Waals surface area contributed by atoms with Crippen LogP contribution >= 0.6 is 22.9 Å². The molecule has 92 valence electrons. The summed E-state index contributed by atoms with van der Waals surface area (Å²) in [6.07, 6.45) is 5.73. The molecule has 0 radical (unpaired) electrons. The number of aromatic nitrogens is 2. The van der Waals surface area contributed by atoms with Crippen molar-refractivity contribution in [2.45, 2.75) is 18.9 Å². The maximum atomic E-state index is 6.10. The zero-order valence-corrected chi connectivity index (χ0v) is 11.1. The summed E-state index contributed by atoms with van der Waals surface area (Å²) in [5.41, 5.74) is 4.03. The number of nitrogens with two attached hydrogens (primary N) is 1. The number of thiophene rings is 1. The first-order valence-electron chi connectivity index (χ1n) is 5.37. The van der Waals surface area contributed by atoms with E-state index in [9.17, 15) is 0 Å². The molecule has 0 amide bonds. The molecule has 2 heterocycles. The molecule has 3 N–H and O–H groups in total. The first kappa shape index (κ1) is 12.6. The highest BCUT2D eigenvalue weighted by molar-refractivity contribution is 7.10. The van der Waals surface area contributed by atoms with Crippen LogP contribution in [0.1, 0.15) is 22.9 Å². The van der Waals surface area contributed by atoms with Crippen LogP contribution in [0.4, 0.5) is 0 Å². The highest BCUT2D eigenvalue weighted by atomic mass is 35.5. The summed E-state index contributed by atoms with van der Waals surface area (Å²) < 4.78 is 1.80. The van der Waals surface area contributed by atoms with Crippen LogP contribution in [0.15, 0.2) is 23.8 Å². The Hall–Kier alpha value is -0.880. The van der Waals surface area contributed by atoms with Crippen LogP contribution in [0, 0.1) is 0 Å². The Kier molecular flexibility index (Phi) is 4.17. The highest BCUT2D eigenvalue weighted by Crippen LogP contribution is 2.30. The molecule has 2 aromatic rings. The molecule has 17 heavy (non-hydrogen) atoms. The van der Waals surface area contributed by atoms with Crippen molar-refractivity contribution in [3.05, 3.63) is 39.3 Å². The van der Waals surface area contributed by atoms with Gasteiger partial charge >= 0.3 is 0 Å². The second-order valence-corrected chi connectivity index (χ2v) is 5.27. The molecule has 1 atom stereocenters. The van der Waals surface area contributed by atoms with Crippen LogP contribution in [0.2, 0.25) is 5.02 Å². The van der Waals surface area contributed by atoms with Crippen LogP contribution in [0.3, 0.4) is 0 Å². The van der Waals surface area contributed by atoms with Gasteiger partial charge in [0.05, 0.1) is 17.3 Å². The fourth-order valence-corrected chi connectivity index (χ4v) is 3.04. The summed E-state index contributed by atoms with van der Waals surface area (Å²) in [7, 11) is 1.91. The number of hydrazine groups is 1. The second kappa shape index (κ2) is 5.64. The average molecular weight is 271 g/mol. The zero-order valence-electron chi connectivity index (χ0n) is 9.56. The molecule has 0 spiro atoms. The Morgan fingerprint density at radius 3 is 3.00 bits per heavy atom. The van der Waals surface area contributed by atoms with Crippen molar-refractivity contribution in [1.29, 1.82) is 0 Å². The average Bonchev–Trinajstić information content (AvgIpc) is 2.90. The van der Waals surface area contributed by atoms with Gasteiger partial charge in [0.15, 0.2) is 0 Å². The third kappa shape index (κ3) is 3.07. The largest absolute Gasteiger partial charge is 0.276 e. The topological polar surface area (TPSA) is 55.9 Å². The molecule has 0 aliphatic rings. The lowest BCUT2D eigenvalue weighted by Crippen LogP contribution is -2.27. The Morgan fingerprint density at radius 1 is 1.65 bits per heavy atom. The number of nitrogens with zero attached hydrogens (tertiary/aromatic N) is 2. The number of hydrogen-bond acceptors (Lipinski definition) is 4. The van der Waals surface area contributed by atoms with Crippen molar-refractivity contribution in [1.82, 2.24) is 15.2 Å². The Labute approximate surface area is 109 Å². The highest BCUT2D eigenvalue weighted by Gasteiger charge is 2.14. The van der Waals surface area contributed by atoms with Gasteiger partial charge in [0.2, 0.25) is 0 Å². The van der Waals surface area contributed by atoms with Gasteiger partial charge < -0.3 is 0 Å². The molecular weight excluding hydrogens is 256 g/mol. The van der Waals surface area contributed by atoms with Crippen LogP contribution in [0.25, 0.3) is 0 Å². The van der Waals surface area contributed by atoms with Crippen LogP contribution in [0.5, 0.6) is 0 Å². The van der Waals surface area contributed by atoms with Gasteiger partial charge in [0, 0.05) is 18.1 Å². The summed E-state index contributed by atoms with van der Waals surface area (Å²) in [6.45, 7) is 0. The van der Waals surface area contributed by atoms with E-state index in [4.69, 9.17) is 17.4 Å². The van der Waals surface area contributed by atoms with Crippen molar-refractivity contribution in [2.75, 3.05) is 0 Å². The van der Waals surface area contributed by atoms with E-state index < -0.39 is 0 Å². The summed E-state index contributed by atoms with van der Waals surface area (Å²) in [5.74, 6) is 5.58.